The number of carbonyl (C=O) groups is 3. The summed E-state index contributed by atoms with van der Waals surface area (Å²) in [5.41, 5.74) is 4.61. The first-order chi connectivity index (χ1) is 14.4. The minimum absolute atomic E-state index is 0.138. The largest absolute Gasteiger partial charge is 0.361 e. The number of hydrogen-bond donors (Lipinski definition) is 3. The predicted molar refractivity (Wildman–Crippen MR) is 116 cm³/mol. The van der Waals surface area contributed by atoms with Gasteiger partial charge in [-0.2, -0.15) is 0 Å². The number of rotatable bonds is 6. The molecule has 1 fully saturated rings. The minimum atomic E-state index is -0.528. The van der Waals surface area contributed by atoms with E-state index in [9.17, 15) is 14.4 Å². The first-order valence-corrected chi connectivity index (χ1v) is 9.97. The lowest BCUT2D eigenvalue weighted by Gasteiger charge is -2.16. The first kappa shape index (κ1) is 19.8. The number of imide groups is 1. The molecule has 1 aliphatic rings. The number of aromatic nitrogens is 1. The van der Waals surface area contributed by atoms with Gasteiger partial charge < -0.3 is 15.6 Å². The molecule has 3 N–H and O–H groups in total. The van der Waals surface area contributed by atoms with Gasteiger partial charge in [-0.25, -0.2) is 4.90 Å². The summed E-state index contributed by atoms with van der Waals surface area (Å²) in [6.07, 6.45) is 2.89. The average molecular weight is 404 g/mol. The number of fused-ring (bicyclic) bond motifs is 1. The number of benzene rings is 2. The highest BCUT2D eigenvalue weighted by molar-refractivity contribution is 6.22. The van der Waals surface area contributed by atoms with Gasteiger partial charge in [0.2, 0.25) is 11.8 Å². The van der Waals surface area contributed by atoms with Crippen molar-refractivity contribution in [3.8, 4) is 0 Å². The second kappa shape index (κ2) is 8.12. The number of H-pyrrole nitrogens is 1. The van der Waals surface area contributed by atoms with Crippen LogP contribution in [0.2, 0.25) is 0 Å². The lowest BCUT2D eigenvalue weighted by atomic mass is 10.1. The fraction of sp³-hybridized carbons (Fsp3) is 0.261. The monoisotopic (exact) mass is 404 g/mol. The Bertz CT molecular complexity index is 1120. The van der Waals surface area contributed by atoms with Gasteiger partial charge in [0.1, 0.15) is 0 Å². The number of nitrogens with one attached hydrogen (secondary N) is 3. The average Bonchev–Trinajstić information content (AvgIpc) is 3.22. The molecule has 1 saturated heterocycles. The molecule has 2 aromatic carbocycles. The molecule has 7 nitrogen and oxygen atoms in total. The fourth-order valence-corrected chi connectivity index (χ4v) is 3.84. The van der Waals surface area contributed by atoms with Crippen LogP contribution in [0.1, 0.15) is 24.5 Å². The summed E-state index contributed by atoms with van der Waals surface area (Å²) in [4.78, 5) is 40.9. The van der Waals surface area contributed by atoms with Crippen molar-refractivity contribution in [1.29, 1.82) is 0 Å². The van der Waals surface area contributed by atoms with Crippen LogP contribution in [0, 0.1) is 6.92 Å². The Balaban J connectivity index is 1.39. The zero-order valence-corrected chi connectivity index (χ0v) is 17.0. The number of aromatic amines is 1. The summed E-state index contributed by atoms with van der Waals surface area (Å²) in [6.45, 7) is 4.09. The second-order valence-corrected chi connectivity index (χ2v) is 7.62. The van der Waals surface area contributed by atoms with Crippen molar-refractivity contribution >= 4 is 40.0 Å². The van der Waals surface area contributed by atoms with Gasteiger partial charge in [-0.05, 0) is 55.3 Å². The van der Waals surface area contributed by atoms with E-state index in [1.165, 1.54) is 28.3 Å². The molecule has 0 aliphatic carbocycles. The Labute approximate surface area is 174 Å². The van der Waals surface area contributed by atoms with E-state index in [2.05, 4.69) is 40.7 Å². The number of nitrogens with zero attached hydrogens (tertiary/aromatic N) is 1. The maximum absolute atomic E-state index is 12.8. The van der Waals surface area contributed by atoms with Crippen LogP contribution in [0.3, 0.4) is 0 Å². The summed E-state index contributed by atoms with van der Waals surface area (Å²) >= 11 is 0. The number of aryl methyl sites for hydroxylation is 1. The van der Waals surface area contributed by atoms with E-state index in [4.69, 9.17) is 0 Å². The van der Waals surface area contributed by atoms with E-state index < -0.39 is 6.04 Å². The maximum Gasteiger partial charge on any atom is 0.251 e. The molecule has 1 atom stereocenters. The van der Waals surface area contributed by atoms with Gasteiger partial charge in [0.25, 0.3) is 5.91 Å². The summed E-state index contributed by atoms with van der Waals surface area (Å²) in [5, 5.41) is 7.09. The molecule has 154 valence electrons. The van der Waals surface area contributed by atoms with Gasteiger partial charge in [0.15, 0.2) is 0 Å². The van der Waals surface area contributed by atoms with Crippen molar-refractivity contribution in [2.75, 3.05) is 16.8 Å². The highest BCUT2D eigenvalue weighted by Crippen LogP contribution is 2.25. The molecule has 1 aliphatic heterocycles. The van der Waals surface area contributed by atoms with Crippen molar-refractivity contribution in [2.45, 2.75) is 32.7 Å². The predicted octanol–water partition coefficient (Wildman–Crippen LogP) is 2.90. The zero-order valence-electron chi connectivity index (χ0n) is 17.0. The van der Waals surface area contributed by atoms with E-state index in [0.717, 1.165) is 11.9 Å². The third-order valence-corrected chi connectivity index (χ3v) is 5.30. The van der Waals surface area contributed by atoms with Crippen LogP contribution in [0.5, 0.6) is 0 Å². The summed E-state index contributed by atoms with van der Waals surface area (Å²) < 4.78 is 0. The van der Waals surface area contributed by atoms with Crippen molar-refractivity contribution in [1.82, 2.24) is 10.3 Å². The van der Waals surface area contributed by atoms with Gasteiger partial charge >= 0.3 is 0 Å². The second-order valence-electron chi connectivity index (χ2n) is 7.62. The lowest BCUT2D eigenvalue weighted by molar-refractivity contribution is -0.121. The summed E-state index contributed by atoms with van der Waals surface area (Å²) in [6, 6.07) is 12.4. The fourth-order valence-electron chi connectivity index (χ4n) is 3.84. The molecule has 0 radical (unpaired) electrons. The van der Waals surface area contributed by atoms with Crippen molar-refractivity contribution < 1.29 is 14.4 Å². The number of carbonyl (C=O) groups excluding carboxylic acids is 3. The van der Waals surface area contributed by atoms with Crippen molar-refractivity contribution in [3.63, 3.8) is 0 Å². The van der Waals surface area contributed by atoms with Crippen molar-refractivity contribution in [3.05, 3.63) is 59.8 Å². The van der Waals surface area contributed by atoms with Crippen molar-refractivity contribution in [2.24, 2.45) is 0 Å². The van der Waals surface area contributed by atoms with E-state index in [1.807, 2.05) is 6.20 Å². The van der Waals surface area contributed by atoms with Crippen LogP contribution in [0.4, 0.5) is 11.4 Å². The molecule has 0 bridgehead atoms. The third-order valence-electron chi connectivity index (χ3n) is 5.30. The van der Waals surface area contributed by atoms with E-state index in [1.54, 1.807) is 24.3 Å². The Morgan fingerprint density at radius 1 is 1.17 bits per heavy atom. The van der Waals surface area contributed by atoms with Crippen LogP contribution in [-0.2, 0) is 20.8 Å². The topological polar surface area (TPSA) is 94.3 Å². The summed E-state index contributed by atoms with van der Waals surface area (Å²) in [7, 11) is 0. The molecule has 1 aromatic heterocycles. The highest BCUT2D eigenvalue weighted by atomic mass is 16.2. The molecular weight excluding hydrogens is 380 g/mol. The maximum atomic E-state index is 12.8. The van der Waals surface area contributed by atoms with E-state index in [0.29, 0.717) is 17.9 Å². The minimum Gasteiger partial charge on any atom is -0.361 e. The van der Waals surface area contributed by atoms with Crippen LogP contribution in [0.15, 0.2) is 48.7 Å². The highest BCUT2D eigenvalue weighted by Gasteiger charge is 2.39. The van der Waals surface area contributed by atoms with E-state index >= 15 is 0 Å². The standard InChI is InChI=1S/C23H24N4O3/c1-14-3-8-20-19(11-14)16(13-25-20)9-10-24-21-12-22(29)27(23(21)30)18-6-4-17(5-7-18)26-15(2)28/h3-8,11,13,21,24-25H,9-10,12H2,1-2H3,(H,26,28). The van der Waals surface area contributed by atoms with Gasteiger partial charge in [-0.1, -0.05) is 11.6 Å². The molecule has 0 saturated carbocycles. The van der Waals surface area contributed by atoms with Crippen LogP contribution in [-0.4, -0.2) is 35.3 Å². The van der Waals surface area contributed by atoms with Crippen LogP contribution in [0.25, 0.3) is 10.9 Å². The Hall–Kier alpha value is -3.45. The van der Waals surface area contributed by atoms with Crippen LogP contribution < -0.4 is 15.5 Å². The smallest absolute Gasteiger partial charge is 0.251 e. The van der Waals surface area contributed by atoms with E-state index in [-0.39, 0.29) is 24.1 Å². The van der Waals surface area contributed by atoms with Gasteiger partial charge in [-0.3, -0.25) is 14.4 Å². The molecule has 3 amide bonds. The molecule has 30 heavy (non-hydrogen) atoms. The van der Waals surface area contributed by atoms with Gasteiger partial charge in [0.05, 0.1) is 18.2 Å². The number of anilines is 2. The first-order valence-electron chi connectivity index (χ1n) is 9.97. The summed E-state index contributed by atoms with van der Waals surface area (Å²) in [5.74, 6) is -0.653. The van der Waals surface area contributed by atoms with Gasteiger partial charge in [0, 0.05) is 36.3 Å². The molecule has 3 aromatic rings. The number of hydrogen-bond acceptors (Lipinski definition) is 4. The molecule has 1 unspecified atom stereocenters. The quantitative estimate of drug-likeness (QED) is 0.551. The number of amides is 3. The molecule has 4 rings (SSSR count). The zero-order chi connectivity index (χ0) is 21.3. The molecular formula is C23H24N4O3. The Morgan fingerprint density at radius 3 is 2.67 bits per heavy atom. The third kappa shape index (κ3) is 3.97. The molecule has 2 heterocycles. The van der Waals surface area contributed by atoms with Crippen LogP contribution >= 0.6 is 0 Å². The lowest BCUT2D eigenvalue weighted by Crippen LogP contribution is -2.39. The van der Waals surface area contributed by atoms with Gasteiger partial charge in [-0.15, -0.1) is 0 Å². The molecule has 7 heteroatoms. The Kier molecular flexibility index (Phi) is 5.37. The normalized spacial score (nSPS) is 16.5. The molecule has 0 spiro atoms. The SMILES string of the molecule is CC(=O)Nc1ccc(N2C(=O)CC(NCCc3c[nH]c4ccc(C)cc34)C2=O)cc1. The Morgan fingerprint density at radius 2 is 1.93 bits per heavy atom.